The van der Waals surface area contributed by atoms with Gasteiger partial charge in [0.1, 0.15) is 23.9 Å². The molecule has 128 valence electrons. The Kier molecular flexibility index (Phi) is 5.53. The molecule has 0 unspecified atom stereocenters. The van der Waals surface area contributed by atoms with Crippen molar-refractivity contribution in [1.82, 2.24) is 4.98 Å². The summed E-state index contributed by atoms with van der Waals surface area (Å²) in [4.78, 5) is 16.9. The Balaban J connectivity index is 1.57. The molecular weight excluding hydrogens is 360 g/mol. The number of carbonyl (C=O) groups excluding carboxylic acids is 1. The van der Waals surface area contributed by atoms with Crippen LogP contribution in [0.4, 0.5) is 5.82 Å². The summed E-state index contributed by atoms with van der Waals surface area (Å²) >= 11 is 7.13. The molecule has 3 aromatic rings. The second-order valence-electron chi connectivity index (χ2n) is 5.10. The van der Waals surface area contributed by atoms with Crippen molar-refractivity contribution in [1.29, 1.82) is 0 Å². The van der Waals surface area contributed by atoms with Crippen molar-refractivity contribution < 1.29 is 14.3 Å². The van der Waals surface area contributed by atoms with Gasteiger partial charge in [-0.1, -0.05) is 11.6 Å². The van der Waals surface area contributed by atoms with Crippen LogP contribution >= 0.6 is 22.9 Å². The van der Waals surface area contributed by atoms with E-state index in [1.165, 1.54) is 17.5 Å². The Morgan fingerprint density at radius 2 is 1.96 bits per heavy atom. The minimum absolute atomic E-state index is 0.212. The van der Waals surface area contributed by atoms with Gasteiger partial charge in [0.05, 0.1) is 17.0 Å². The van der Waals surface area contributed by atoms with E-state index in [0.29, 0.717) is 22.3 Å². The molecular formula is C18H15ClN2O3S. The van der Waals surface area contributed by atoms with Gasteiger partial charge in [0, 0.05) is 11.8 Å². The van der Waals surface area contributed by atoms with Crippen LogP contribution in [0.25, 0.3) is 0 Å². The Morgan fingerprint density at radius 1 is 1.20 bits per heavy atom. The van der Waals surface area contributed by atoms with Crippen molar-refractivity contribution in [2.45, 2.75) is 6.61 Å². The second kappa shape index (κ2) is 8.00. The molecule has 1 amide bonds. The highest BCUT2D eigenvalue weighted by Gasteiger charge is 2.10. The molecule has 0 saturated carbocycles. The number of nitrogens with zero attached hydrogens (tertiary/aromatic N) is 1. The molecule has 0 saturated heterocycles. The smallest absolute Gasteiger partial charge is 0.266 e. The standard InChI is InChI=1S/C18H15ClN2O3S/c1-23-14-3-5-15(6-4-14)24-10-12-8-16(25-11-12)18(22)21-17-7-2-13(19)9-20-17/h2-9,11H,10H2,1H3,(H,20,21,22). The van der Waals surface area contributed by atoms with Crippen molar-refractivity contribution in [3.63, 3.8) is 0 Å². The van der Waals surface area contributed by atoms with E-state index in [1.807, 2.05) is 29.6 Å². The maximum Gasteiger partial charge on any atom is 0.266 e. The van der Waals surface area contributed by atoms with Crippen LogP contribution in [0.15, 0.2) is 54.0 Å². The molecule has 0 fully saturated rings. The number of ether oxygens (including phenoxy) is 2. The lowest BCUT2D eigenvalue weighted by atomic mass is 10.3. The predicted octanol–water partition coefficient (Wildman–Crippen LogP) is 4.64. The number of rotatable bonds is 6. The van der Waals surface area contributed by atoms with Crippen LogP contribution in [0.2, 0.25) is 5.02 Å². The minimum Gasteiger partial charge on any atom is -0.497 e. The van der Waals surface area contributed by atoms with Crippen molar-refractivity contribution in [2.75, 3.05) is 12.4 Å². The van der Waals surface area contributed by atoms with Crippen LogP contribution in [-0.2, 0) is 6.61 Å². The summed E-state index contributed by atoms with van der Waals surface area (Å²) in [6.45, 7) is 0.384. The molecule has 2 aromatic heterocycles. The SMILES string of the molecule is COc1ccc(OCc2csc(C(=O)Nc3ccc(Cl)cn3)c2)cc1. The fourth-order valence-corrected chi connectivity index (χ4v) is 2.94. The third kappa shape index (κ3) is 4.71. The maximum atomic E-state index is 12.2. The van der Waals surface area contributed by atoms with Gasteiger partial charge in [0.15, 0.2) is 0 Å². The van der Waals surface area contributed by atoms with Crippen LogP contribution < -0.4 is 14.8 Å². The zero-order valence-corrected chi connectivity index (χ0v) is 14.9. The summed E-state index contributed by atoms with van der Waals surface area (Å²) in [5, 5.41) is 5.15. The van der Waals surface area contributed by atoms with E-state index in [1.54, 1.807) is 25.3 Å². The number of hydrogen-bond donors (Lipinski definition) is 1. The van der Waals surface area contributed by atoms with Crippen LogP contribution in [-0.4, -0.2) is 18.0 Å². The average molecular weight is 375 g/mol. The first-order valence-electron chi connectivity index (χ1n) is 7.41. The third-order valence-corrected chi connectivity index (χ3v) is 4.51. The molecule has 7 heteroatoms. The van der Waals surface area contributed by atoms with E-state index >= 15 is 0 Å². The molecule has 1 aromatic carbocycles. The van der Waals surface area contributed by atoms with Crippen LogP contribution in [0.1, 0.15) is 15.2 Å². The lowest BCUT2D eigenvalue weighted by Gasteiger charge is -2.05. The number of anilines is 1. The van der Waals surface area contributed by atoms with Gasteiger partial charge in [0.2, 0.25) is 0 Å². The lowest BCUT2D eigenvalue weighted by molar-refractivity contribution is 0.103. The molecule has 0 aliphatic heterocycles. The van der Waals surface area contributed by atoms with Crippen molar-refractivity contribution in [3.8, 4) is 11.5 Å². The van der Waals surface area contributed by atoms with Crippen molar-refractivity contribution in [2.24, 2.45) is 0 Å². The van der Waals surface area contributed by atoms with Gasteiger partial charge in [-0.25, -0.2) is 4.98 Å². The number of nitrogens with one attached hydrogen (secondary N) is 1. The summed E-state index contributed by atoms with van der Waals surface area (Å²) in [7, 11) is 1.62. The number of amides is 1. The fraction of sp³-hybridized carbons (Fsp3) is 0.111. The topological polar surface area (TPSA) is 60.5 Å². The number of halogens is 1. The summed E-state index contributed by atoms with van der Waals surface area (Å²) in [6, 6.07) is 12.5. The van der Waals surface area contributed by atoms with E-state index in [-0.39, 0.29) is 5.91 Å². The van der Waals surface area contributed by atoms with Crippen LogP contribution in [0, 0.1) is 0 Å². The molecule has 3 rings (SSSR count). The zero-order chi connectivity index (χ0) is 17.6. The highest BCUT2D eigenvalue weighted by Crippen LogP contribution is 2.21. The summed E-state index contributed by atoms with van der Waals surface area (Å²) in [5.41, 5.74) is 0.926. The molecule has 2 heterocycles. The van der Waals surface area contributed by atoms with Gasteiger partial charge >= 0.3 is 0 Å². The van der Waals surface area contributed by atoms with Gasteiger partial charge in [-0.3, -0.25) is 4.79 Å². The zero-order valence-electron chi connectivity index (χ0n) is 13.4. The van der Waals surface area contributed by atoms with E-state index < -0.39 is 0 Å². The molecule has 1 N–H and O–H groups in total. The molecule has 0 spiro atoms. The molecule has 0 aliphatic carbocycles. The Bertz CT molecular complexity index is 848. The Morgan fingerprint density at radius 3 is 2.64 bits per heavy atom. The van der Waals surface area contributed by atoms with Gasteiger partial charge in [-0.05, 0) is 47.8 Å². The van der Waals surface area contributed by atoms with E-state index in [0.717, 1.165) is 17.1 Å². The highest BCUT2D eigenvalue weighted by atomic mass is 35.5. The molecule has 5 nitrogen and oxygen atoms in total. The Hall–Kier alpha value is -2.57. The van der Waals surface area contributed by atoms with Gasteiger partial charge in [-0.15, -0.1) is 11.3 Å². The van der Waals surface area contributed by atoms with Crippen molar-refractivity contribution >= 4 is 34.7 Å². The maximum absolute atomic E-state index is 12.2. The van der Waals surface area contributed by atoms with E-state index in [4.69, 9.17) is 21.1 Å². The highest BCUT2D eigenvalue weighted by molar-refractivity contribution is 7.12. The molecule has 25 heavy (non-hydrogen) atoms. The summed E-state index contributed by atoms with van der Waals surface area (Å²) < 4.78 is 10.8. The predicted molar refractivity (Wildman–Crippen MR) is 98.8 cm³/mol. The second-order valence-corrected chi connectivity index (χ2v) is 6.45. The van der Waals surface area contributed by atoms with Gasteiger partial charge in [0.25, 0.3) is 5.91 Å². The number of methoxy groups -OCH3 is 1. The normalized spacial score (nSPS) is 10.3. The first-order chi connectivity index (χ1) is 12.1. The summed E-state index contributed by atoms with van der Waals surface area (Å²) in [5.74, 6) is 1.76. The largest absolute Gasteiger partial charge is 0.497 e. The number of hydrogen-bond acceptors (Lipinski definition) is 5. The first kappa shape index (κ1) is 17.3. The lowest BCUT2D eigenvalue weighted by Crippen LogP contribution is -2.11. The molecule has 0 bridgehead atoms. The average Bonchev–Trinajstić information content (AvgIpc) is 3.11. The number of thiophene rings is 1. The quantitative estimate of drug-likeness (QED) is 0.683. The van der Waals surface area contributed by atoms with Gasteiger partial charge in [-0.2, -0.15) is 0 Å². The van der Waals surface area contributed by atoms with E-state index in [9.17, 15) is 4.79 Å². The third-order valence-electron chi connectivity index (χ3n) is 3.31. The monoisotopic (exact) mass is 374 g/mol. The minimum atomic E-state index is -0.212. The van der Waals surface area contributed by atoms with Crippen molar-refractivity contribution in [3.05, 3.63) is 69.5 Å². The first-order valence-corrected chi connectivity index (χ1v) is 8.67. The van der Waals surface area contributed by atoms with Crippen LogP contribution in [0.5, 0.6) is 11.5 Å². The molecule has 0 aliphatic rings. The molecule has 0 radical (unpaired) electrons. The summed E-state index contributed by atoms with van der Waals surface area (Å²) in [6.07, 6.45) is 1.49. The number of pyridine rings is 1. The number of aromatic nitrogens is 1. The fourth-order valence-electron chi connectivity index (χ4n) is 2.04. The van der Waals surface area contributed by atoms with Crippen LogP contribution in [0.3, 0.4) is 0 Å². The number of carbonyl (C=O) groups is 1. The number of benzene rings is 1. The Labute approximate surface area is 154 Å². The van der Waals surface area contributed by atoms with Gasteiger partial charge < -0.3 is 14.8 Å². The van der Waals surface area contributed by atoms with E-state index in [2.05, 4.69) is 10.3 Å². The molecule has 0 atom stereocenters.